The van der Waals surface area contributed by atoms with Gasteiger partial charge in [0.1, 0.15) is 0 Å². The van der Waals surface area contributed by atoms with Crippen molar-refractivity contribution in [3.63, 3.8) is 0 Å². The van der Waals surface area contributed by atoms with Crippen molar-refractivity contribution in [3.05, 3.63) is 29.3 Å². The Balaban J connectivity index is 1.77. The van der Waals surface area contributed by atoms with Crippen molar-refractivity contribution in [2.24, 2.45) is 0 Å². The lowest BCUT2D eigenvalue weighted by atomic mass is 9.95. The van der Waals surface area contributed by atoms with E-state index in [0.717, 1.165) is 59.0 Å². The largest absolute Gasteiger partial charge is 0.378 e. The van der Waals surface area contributed by atoms with E-state index in [-0.39, 0.29) is 0 Å². The Morgan fingerprint density at radius 2 is 1.82 bits per heavy atom. The number of benzene rings is 1. The Morgan fingerprint density at radius 3 is 2.50 bits per heavy atom. The standard InChI is InChI=1S/C18H29N3O/c1-15(2)18-13-17(21-9-11-22-12-10-21)4-3-16(18)14-20-7-5-19-6-8-20/h3-4,13,15,19H,5-12,14H2,1-2H3. The number of ether oxygens (including phenoxy) is 1. The van der Waals surface area contributed by atoms with Gasteiger partial charge in [-0.15, -0.1) is 0 Å². The molecule has 2 saturated heterocycles. The van der Waals surface area contributed by atoms with E-state index in [1.807, 2.05) is 0 Å². The summed E-state index contributed by atoms with van der Waals surface area (Å²) in [4.78, 5) is 5.01. The fourth-order valence-corrected chi connectivity index (χ4v) is 3.39. The number of morpholine rings is 1. The summed E-state index contributed by atoms with van der Waals surface area (Å²) in [7, 11) is 0. The average Bonchev–Trinajstić information content (AvgIpc) is 2.57. The minimum atomic E-state index is 0.568. The van der Waals surface area contributed by atoms with E-state index in [4.69, 9.17) is 4.74 Å². The van der Waals surface area contributed by atoms with Crippen molar-refractivity contribution in [2.75, 3.05) is 57.4 Å². The van der Waals surface area contributed by atoms with Gasteiger partial charge in [0.15, 0.2) is 0 Å². The van der Waals surface area contributed by atoms with Crippen LogP contribution in [-0.4, -0.2) is 57.4 Å². The molecule has 0 radical (unpaired) electrons. The summed E-state index contributed by atoms with van der Waals surface area (Å²) in [5.74, 6) is 0.568. The molecule has 0 aromatic heterocycles. The minimum Gasteiger partial charge on any atom is -0.378 e. The SMILES string of the molecule is CC(C)c1cc(N2CCOCC2)ccc1CN1CCNCC1. The van der Waals surface area contributed by atoms with Crippen LogP contribution in [0.1, 0.15) is 30.9 Å². The zero-order chi connectivity index (χ0) is 15.4. The molecule has 3 rings (SSSR count). The first-order valence-electron chi connectivity index (χ1n) is 8.62. The van der Waals surface area contributed by atoms with E-state index in [9.17, 15) is 0 Å². The van der Waals surface area contributed by atoms with Crippen LogP contribution < -0.4 is 10.2 Å². The maximum Gasteiger partial charge on any atom is 0.0642 e. The van der Waals surface area contributed by atoms with Crippen LogP contribution in [0.25, 0.3) is 0 Å². The number of nitrogens with zero attached hydrogens (tertiary/aromatic N) is 2. The molecule has 0 bridgehead atoms. The molecule has 122 valence electrons. The monoisotopic (exact) mass is 303 g/mol. The van der Waals surface area contributed by atoms with Gasteiger partial charge in [0.25, 0.3) is 0 Å². The Morgan fingerprint density at radius 1 is 1.09 bits per heavy atom. The van der Waals surface area contributed by atoms with E-state index in [1.54, 1.807) is 0 Å². The highest BCUT2D eigenvalue weighted by Crippen LogP contribution is 2.27. The Hall–Kier alpha value is -1.10. The summed E-state index contributed by atoms with van der Waals surface area (Å²) in [6.07, 6.45) is 0. The first-order chi connectivity index (χ1) is 10.7. The zero-order valence-electron chi connectivity index (χ0n) is 14.0. The molecule has 0 amide bonds. The van der Waals surface area contributed by atoms with Gasteiger partial charge in [-0.1, -0.05) is 19.9 Å². The van der Waals surface area contributed by atoms with E-state index in [1.165, 1.54) is 16.8 Å². The van der Waals surface area contributed by atoms with Crippen LogP contribution in [0.4, 0.5) is 5.69 Å². The number of hydrogen-bond acceptors (Lipinski definition) is 4. The molecule has 1 aromatic carbocycles. The van der Waals surface area contributed by atoms with Crippen LogP contribution in [-0.2, 0) is 11.3 Å². The highest BCUT2D eigenvalue weighted by molar-refractivity contribution is 5.52. The summed E-state index contributed by atoms with van der Waals surface area (Å²) >= 11 is 0. The first-order valence-corrected chi connectivity index (χ1v) is 8.62. The van der Waals surface area contributed by atoms with Crippen LogP contribution in [0.2, 0.25) is 0 Å². The van der Waals surface area contributed by atoms with Crippen molar-refractivity contribution >= 4 is 5.69 Å². The normalized spacial score (nSPS) is 20.6. The molecule has 0 unspecified atom stereocenters. The second kappa shape index (κ2) is 7.44. The maximum atomic E-state index is 5.47. The molecule has 0 atom stereocenters. The third-order valence-electron chi connectivity index (χ3n) is 4.73. The van der Waals surface area contributed by atoms with Crippen LogP contribution in [0, 0.1) is 0 Å². The summed E-state index contributed by atoms with van der Waals surface area (Å²) < 4.78 is 5.47. The topological polar surface area (TPSA) is 27.7 Å². The van der Waals surface area contributed by atoms with Crippen molar-refractivity contribution in [1.82, 2.24) is 10.2 Å². The lowest BCUT2D eigenvalue weighted by Crippen LogP contribution is -2.43. The second-order valence-corrected chi connectivity index (χ2v) is 6.66. The number of anilines is 1. The van der Waals surface area contributed by atoms with Gasteiger partial charge in [-0.05, 0) is 29.2 Å². The number of rotatable bonds is 4. The van der Waals surface area contributed by atoms with Crippen molar-refractivity contribution in [3.8, 4) is 0 Å². The third kappa shape index (κ3) is 3.80. The minimum absolute atomic E-state index is 0.568. The van der Waals surface area contributed by atoms with Gasteiger partial charge < -0.3 is 15.0 Å². The van der Waals surface area contributed by atoms with Gasteiger partial charge in [-0.3, -0.25) is 4.90 Å². The van der Waals surface area contributed by atoms with E-state index >= 15 is 0 Å². The van der Waals surface area contributed by atoms with Crippen LogP contribution >= 0.6 is 0 Å². The quantitative estimate of drug-likeness (QED) is 0.921. The smallest absolute Gasteiger partial charge is 0.0642 e. The first kappa shape index (κ1) is 15.8. The number of piperazine rings is 1. The van der Waals surface area contributed by atoms with Crippen molar-refractivity contribution in [2.45, 2.75) is 26.3 Å². The zero-order valence-corrected chi connectivity index (χ0v) is 14.0. The highest BCUT2D eigenvalue weighted by atomic mass is 16.5. The van der Waals surface area contributed by atoms with Gasteiger partial charge in [-0.25, -0.2) is 0 Å². The van der Waals surface area contributed by atoms with Gasteiger partial charge in [0.05, 0.1) is 13.2 Å². The van der Waals surface area contributed by atoms with Gasteiger partial charge >= 0.3 is 0 Å². The summed E-state index contributed by atoms with van der Waals surface area (Å²) in [6.45, 7) is 13.9. The molecule has 1 N–H and O–H groups in total. The Kier molecular flexibility index (Phi) is 5.34. The van der Waals surface area contributed by atoms with Crippen LogP contribution in [0.15, 0.2) is 18.2 Å². The highest BCUT2D eigenvalue weighted by Gasteiger charge is 2.17. The van der Waals surface area contributed by atoms with Crippen LogP contribution in [0.5, 0.6) is 0 Å². The van der Waals surface area contributed by atoms with Gasteiger partial charge in [-0.2, -0.15) is 0 Å². The third-order valence-corrected chi connectivity index (χ3v) is 4.73. The molecule has 0 aliphatic carbocycles. The van der Waals surface area contributed by atoms with Gasteiger partial charge in [0, 0.05) is 51.5 Å². The Labute approximate surface area is 134 Å². The predicted octanol–water partition coefficient (Wildman–Crippen LogP) is 2.05. The number of nitrogens with one attached hydrogen (secondary N) is 1. The molecular weight excluding hydrogens is 274 g/mol. The average molecular weight is 303 g/mol. The summed E-state index contributed by atoms with van der Waals surface area (Å²) in [5, 5.41) is 3.43. The molecule has 2 aliphatic heterocycles. The molecule has 2 aliphatic rings. The molecular formula is C18H29N3O. The van der Waals surface area contributed by atoms with E-state index in [0.29, 0.717) is 5.92 Å². The van der Waals surface area contributed by atoms with Crippen molar-refractivity contribution < 1.29 is 4.74 Å². The van der Waals surface area contributed by atoms with E-state index in [2.05, 4.69) is 47.2 Å². The predicted molar refractivity (Wildman–Crippen MR) is 91.7 cm³/mol. The maximum absolute atomic E-state index is 5.47. The molecule has 1 aromatic rings. The Bertz CT molecular complexity index is 477. The number of hydrogen-bond donors (Lipinski definition) is 1. The van der Waals surface area contributed by atoms with Crippen molar-refractivity contribution in [1.29, 1.82) is 0 Å². The molecule has 0 saturated carbocycles. The fraction of sp³-hybridized carbons (Fsp3) is 0.667. The fourth-order valence-electron chi connectivity index (χ4n) is 3.39. The van der Waals surface area contributed by atoms with Crippen LogP contribution in [0.3, 0.4) is 0 Å². The second-order valence-electron chi connectivity index (χ2n) is 6.66. The lowest BCUT2D eigenvalue weighted by Gasteiger charge is -2.31. The van der Waals surface area contributed by atoms with Gasteiger partial charge in [0.2, 0.25) is 0 Å². The molecule has 4 heteroatoms. The molecule has 2 fully saturated rings. The molecule has 4 nitrogen and oxygen atoms in total. The van der Waals surface area contributed by atoms with E-state index < -0.39 is 0 Å². The summed E-state index contributed by atoms with van der Waals surface area (Å²) in [6, 6.07) is 7.06. The molecule has 0 spiro atoms. The summed E-state index contributed by atoms with van der Waals surface area (Å²) in [5.41, 5.74) is 4.35. The molecule has 2 heterocycles. The lowest BCUT2D eigenvalue weighted by molar-refractivity contribution is 0.122. The molecule has 22 heavy (non-hydrogen) atoms.